The van der Waals surface area contributed by atoms with Gasteiger partial charge in [-0.2, -0.15) is 0 Å². The van der Waals surface area contributed by atoms with Crippen molar-refractivity contribution in [2.75, 3.05) is 25.6 Å². The Hall–Kier alpha value is -3.35. The lowest BCUT2D eigenvalue weighted by molar-refractivity contribution is -0.120. The van der Waals surface area contributed by atoms with Gasteiger partial charge >= 0.3 is 5.97 Å². The zero-order valence-corrected chi connectivity index (χ0v) is 15.3. The largest absolute Gasteiger partial charge is 0.491 e. The molecule has 1 amide bonds. The highest BCUT2D eigenvalue weighted by Crippen LogP contribution is 2.23. The third-order valence-electron chi connectivity index (χ3n) is 3.43. The van der Waals surface area contributed by atoms with E-state index in [0.29, 0.717) is 23.6 Å². The molecule has 0 unspecified atom stereocenters. The van der Waals surface area contributed by atoms with Gasteiger partial charge in [0.25, 0.3) is 5.91 Å². The molecule has 0 aliphatic rings. The van der Waals surface area contributed by atoms with Crippen LogP contribution in [0.15, 0.2) is 53.7 Å². The van der Waals surface area contributed by atoms with Gasteiger partial charge in [-0.1, -0.05) is 36.3 Å². The van der Waals surface area contributed by atoms with Gasteiger partial charge in [-0.3, -0.25) is 4.79 Å². The summed E-state index contributed by atoms with van der Waals surface area (Å²) in [5.41, 5.74) is 1.75. The molecule has 27 heavy (non-hydrogen) atoms. The molecule has 0 saturated heterocycles. The molecule has 0 spiro atoms. The van der Waals surface area contributed by atoms with Gasteiger partial charge in [0, 0.05) is 0 Å². The number of carbonyl (C=O) groups excluding carboxylic acids is 2. The van der Waals surface area contributed by atoms with Gasteiger partial charge in [0.2, 0.25) is 0 Å². The number of benzene rings is 2. The van der Waals surface area contributed by atoms with Crippen LogP contribution < -0.4 is 10.1 Å². The van der Waals surface area contributed by atoms with E-state index in [4.69, 9.17) is 9.57 Å². The standard InChI is InChI=1S/C20H22N2O5/c1-3-12-26-18-7-5-4-6-17(18)22-19(23)14-27-21-13-15-8-10-16(11-9-15)20(24)25-2/h4-11,13H,3,12,14H2,1-2H3,(H,22,23)/b21-13+. The molecule has 0 aliphatic carbocycles. The molecule has 0 fully saturated rings. The first-order chi connectivity index (χ1) is 13.1. The first-order valence-corrected chi connectivity index (χ1v) is 8.49. The second kappa shape index (κ2) is 10.6. The minimum atomic E-state index is -0.408. The SMILES string of the molecule is CCCOc1ccccc1NC(=O)CO/N=C/c1ccc(C(=O)OC)cc1. The number of hydrogen-bond donors (Lipinski definition) is 1. The highest BCUT2D eigenvalue weighted by Gasteiger charge is 2.08. The minimum Gasteiger partial charge on any atom is -0.491 e. The van der Waals surface area contributed by atoms with Crippen molar-refractivity contribution in [3.05, 3.63) is 59.7 Å². The van der Waals surface area contributed by atoms with Gasteiger partial charge in [-0.05, 0) is 36.2 Å². The average Bonchev–Trinajstić information content (AvgIpc) is 2.70. The first-order valence-electron chi connectivity index (χ1n) is 8.49. The van der Waals surface area contributed by atoms with Crippen LogP contribution in [0.4, 0.5) is 5.69 Å². The number of nitrogens with zero attached hydrogens (tertiary/aromatic N) is 1. The number of rotatable bonds is 9. The number of carbonyl (C=O) groups is 2. The maximum Gasteiger partial charge on any atom is 0.337 e. The Morgan fingerprint density at radius 3 is 2.56 bits per heavy atom. The molecular weight excluding hydrogens is 348 g/mol. The highest BCUT2D eigenvalue weighted by molar-refractivity contribution is 5.93. The van der Waals surface area contributed by atoms with Gasteiger partial charge in [-0.25, -0.2) is 4.79 Å². The summed E-state index contributed by atoms with van der Waals surface area (Å²) in [7, 11) is 1.32. The monoisotopic (exact) mass is 370 g/mol. The summed E-state index contributed by atoms with van der Waals surface area (Å²) in [6.45, 7) is 2.34. The molecule has 1 N–H and O–H groups in total. The summed E-state index contributed by atoms with van der Waals surface area (Å²) in [4.78, 5) is 28.4. The van der Waals surface area contributed by atoms with E-state index >= 15 is 0 Å². The summed E-state index contributed by atoms with van der Waals surface area (Å²) in [5.74, 6) is -0.141. The molecule has 0 radical (unpaired) electrons. The Morgan fingerprint density at radius 2 is 1.85 bits per heavy atom. The predicted octanol–water partition coefficient (Wildman–Crippen LogP) is 3.25. The number of methoxy groups -OCH3 is 1. The van der Waals surface area contributed by atoms with Crippen molar-refractivity contribution in [3.8, 4) is 5.75 Å². The lowest BCUT2D eigenvalue weighted by Crippen LogP contribution is -2.17. The second-order valence-electron chi connectivity index (χ2n) is 5.51. The van der Waals surface area contributed by atoms with Crippen molar-refractivity contribution < 1.29 is 23.9 Å². The van der Waals surface area contributed by atoms with E-state index in [9.17, 15) is 9.59 Å². The van der Waals surface area contributed by atoms with Crippen LogP contribution in [0.5, 0.6) is 5.75 Å². The summed E-state index contributed by atoms with van der Waals surface area (Å²) < 4.78 is 10.2. The maximum atomic E-state index is 12.0. The topological polar surface area (TPSA) is 86.2 Å². The zero-order valence-electron chi connectivity index (χ0n) is 15.3. The number of amides is 1. The predicted molar refractivity (Wildman–Crippen MR) is 102 cm³/mol. The van der Waals surface area contributed by atoms with Crippen molar-refractivity contribution in [2.45, 2.75) is 13.3 Å². The average molecular weight is 370 g/mol. The smallest absolute Gasteiger partial charge is 0.337 e. The first kappa shape index (κ1) is 20.0. The summed E-state index contributed by atoms with van der Waals surface area (Å²) >= 11 is 0. The number of anilines is 1. The lowest BCUT2D eigenvalue weighted by atomic mass is 10.1. The Bertz CT molecular complexity index is 787. The van der Waals surface area contributed by atoms with Gasteiger partial charge in [-0.15, -0.1) is 0 Å². The zero-order chi connectivity index (χ0) is 19.5. The second-order valence-corrected chi connectivity index (χ2v) is 5.51. The fourth-order valence-electron chi connectivity index (χ4n) is 2.11. The molecular formula is C20H22N2O5. The van der Waals surface area contributed by atoms with Crippen molar-refractivity contribution in [3.63, 3.8) is 0 Å². The van der Waals surface area contributed by atoms with Crippen molar-refractivity contribution in [1.82, 2.24) is 0 Å². The number of para-hydroxylation sites is 2. The van der Waals surface area contributed by atoms with Crippen LogP contribution in [-0.4, -0.2) is 38.4 Å². The molecule has 0 atom stereocenters. The molecule has 2 rings (SSSR count). The fourth-order valence-corrected chi connectivity index (χ4v) is 2.11. The van der Waals surface area contributed by atoms with Crippen LogP contribution >= 0.6 is 0 Å². The van der Waals surface area contributed by atoms with Crippen molar-refractivity contribution in [2.24, 2.45) is 5.16 Å². The van der Waals surface area contributed by atoms with Crippen LogP contribution in [0.25, 0.3) is 0 Å². The van der Waals surface area contributed by atoms with Crippen molar-refractivity contribution in [1.29, 1.82) is 0 Å². The third kappa shape index (κ3) is 6.47. The number of hydrogen-bond acceptors (Lipinski definition) is 6. The normalized spacial score (nSPS) is 10.4. The minimum absolute atomic E-state index is 0.237. The Morgan fingerprint density at radius 1 is 1.11 bits per heavy atom. The molecule has 142 valence electrons. The van der Waals surface area contributed by atoms with Crippen LogP contribution in [0, 0.1) is 0 Å². The van der Waals surface area contributed by atoms with Crippen LogP contribution in [-0.2, 0) is 14.4 Å². The van der Waals surface area contributed by atoms with Gasteiger partial charge < -0.3 is 19.6 Å². The van der Waals surface area contributed by atoms with E-state index in [1.807, 2.05) is 19.1 Å². The van der Waals surface area contributed by atoms with Crippen molar-refractivity contribution >= 4 is 23.8 Å². The van der Waals surface area contributed by atoms with Gasteiger partial charge in [0.1, 0.15) is 5.75 Å². The fraction of sp³-hybridized carbons (Fsp3) is 0.250. The third-order valence-corrected chi connectivity index (χ3v) is 3.43. The van der Waals surface area contributed by atoms with Crippen LogP contribution in [0.2, 0.25) is 0 Å². The Kier molecular flexibility index (Phi) is 7.84. The Balaban J connectivity index is 1.82. The molecule has 2 aromatic carbocycles. The Labute approximate surface area is 157 Å². The summed E-state index contributed by atoms with van der Waals surface area (Å²) in [6, 6.07) is 13.8. The van der Waals surface area contributed by atoms with Gasteiger partial charge in [0.15, 0.2) is 6.61 Å². The molecule has 0 bridgehead atoms. The molecule has 7 heteroatoms. The number of nitrogens with one attached hydrogen (secondary N) is 1. The molecule has 7 nitrogen and oxygen atoms in total. The lowest BCUT2D eigenvalue weighted by Gasteiger charge is -2.11. The summed E-state index contributed by atoms with van der Waals surface area (Å²) in [5, 5.41) is 6.49. The summed E-state index contributed by atoms with van der Waals surface area (Å²) in [6.07, 6.45) is 2.33. The molecule has 0 aromatic heterocycles. The van der Waals surface area contributed by atoms with E-state index in [0.717, 1.165) is 12.0 Å². The molecule has 0 heterocycles. The molecule has 0 aliphatic heterocycles. The maximum absolute atomic E-state index is 12.0. The quantitative estimate of drug-likeness (QED) is 0.416. The highest BCUT2D eigenvalue weighted by atomic mass is 16.6. The van der Waals surface area contributed by atoms with Gasteiger partial charge in [0.05, 0.1) is 31.2 Å². The van der Waals surface area contributed by atoms with E-state index in [1.54, 1.807) is 36.4 Å². The van der Waals surface area contributed by atoms with E-state index in [2.05, 4.69) is 15.2 Å². The van der Waals surface area contributed by atoms with E-state index in [1.165, 1.54) is 13.3 Å². The molecule has 2 aromatic rings. The number of esters is 1. The number of oxime groups is 1. The van der Waals surface area contributed by atoms with Crippen LogP contribution in [0.1, 0.15) is 29.3 Å². The number of ether oxygens (including phenoxy) is 2. The molecule has 0 saturated carbocycles. The van der Waals surface area contributed by atoms with E-state index < -0.39 is 5.97 Å². The van der Waals surface area contributed by atoms with Crippen LogP contribution in [0.3, 0.4) is 0 Å². The van der Waals surface area contributed by atoms with E-state index in [-0.39, 0.29) is 12.5 Å².